The highest BCUT2D eigenvalue weighted by atomic mass is 35.5. The summed E-state index contributed by atoms with van der Waals surface area (Å²) in [6.07, 6.45) is 0.866. The fraction of sp³-hybridized carbons (Fsp3) is 0. The number of anilines is 1. The fourth-order valence-corrected chi connectivity index (χ4v) is 1.86. The maximum atomic E-state index is 13.1. The van der Waals surface area contributed by atoms with Gasteiger partial charge in [0.25, 0.3) is 11.6 Å². The van der Waals surface area contributed by atoms with Crippen molar-refractivity contribution in [2.45, 2.75) is 0 Å². The minimum atomic E-state index is -0.849. The minimum absolute atomic E-state index is 0.0103. The highest BCUT2D eigenvalue weighted by molar-refractivity contribution is 6.34. The van der Waals surface area contributed by atoms with Crippen LogP contribution in [0, 0.1) is 15.9 Å². The summed E-state index contributed by atoms with van der Waals surface area (Å²) in [6.45, 7) is 0. The summed E-state index contributed by atoms with van der Waals surface area (Å²) < 4.78 is 13.1. The van der Waals surface area contributed by atoms with Crippen LogP contribution in [0.2, 0.25) is 10.2 Å². The standard InChI is InChI=1S/C12H6Cl2FN3O3/c13-8-2-1-6(15)3-9(8)17-12(19)7-4-11(14)16-5-10(7)18(20)21/h1-5H,(H,17,19). The van der Waals surface area contributed by atoms with E-state index in [1.807, 2.05) is 0 Å². The first-order chi connectivity index (χ1) is 9.88. The van der Waals surface area contributed by atoms with Crippen LogP contribution in [0.5, 0.6) is 0 Å². The molecule has 1 N–H and O–H groups in total. The maximum absolute atomic E-state index is 13.1. The molecule has 0 saturated carbocycles. The summed E-state index contributed by atoms with van der Waals surface area (Å²) >= 11 is 11.4. The van der Waals surface area contributed by atoms with Gasteiger partial charge in [-0.3, -0.25) is 14.9 Å². The van der Waals surface area contributed by atoms with Crippen molar-refractivity contribution in [3.63, 3.8) is 0 Å². The van der Waals surface area contributed by atoms with Gasteiger partial charge in [-0.15, -0.1) is 0 Å². The number of nitrogens with one attached hydrogen (secondary N) is 1. The lowest BCUT2D eigenvalue weighted by Crippen LogP contribution is -2.14. The first-order valence-electron chi connectivity index (χ1n) is 5.45. The molecule has 0 atom stereocenters. The van der Waals surface area contributed by atoms with Gasteiger partial charge in [0, 0.05) is 0 Å². The average molecular weight is 330 g/mol. The number of nitro groups is 1. The Morgan fingerprint density at radius 1 is 1.33 bits per heavy atom. The van der Waals surface area contributed by atoms with Crippen molar-refractivity contribution in [3.8, 4) is 0 Å². The van der Waals surface area contributed by atoms with Crippen LogP contribution in [-0.2, 0) is 0 Å². The first kappa shape index (κ1) is 15.1. The van der Waals surface area contributed by atoms with E-state index in [4.69, 9.17) is 23.2 Å². The predicted octanol–water partition coefficient (Wildman–Crippen LogP) is 3.69. The number of rotatable bonds is 3. The van der Waals surface area contributed by atoms with Crippen molar-refractivity contribution >= 4 is 40.5 Å². The molecule has 21 heavy (non-hydrogen) atoms. The van der Waals surface area contributed by atoms with Crippen LogP contribution in [-0.4, -0.2) is 15.8 Å². The summed E-state index contributed by atoms with van der Waals surface area (Å²) in [4.78, 5) is 25.7. The molecular weight excluding hydrogens is 324 g/mol. The van der Waals surface area contributed by atoms with E-state index in [1.54, 1.807) is 0 Å². The van der Waals surface area contributed by atoms with Gasteiger partial charge in [-0.25, -0.2) is 9.37 Å². The lowest BCUT2D eigenvalue weighted by atomic mass is 10.2. The molecule has 0 bridgehead atoms. The van der Waals surface area contributed by atoms with Gasteiger partial charge in [-0.2, -0.15) is 0 Å². The van der Waals surface area contributed by atoms with Gasteiger partial charge in [-0.1, -0.05) is 23.2 Å². The lowest BCUT2D eigenvalue weighted by molar-refractivity contribution is -0.385. The molecule has 0 saturated heterocycles. The Kier molecular flexibility index (Phi) is 4.35. The number of carbonyl (C=O) groups excluding carboxylic acids is 1. The second kappa shape index (κ2) is 6.02. The normalized spacial score (nSPS) is 10.2. The van der Waals surface area contributed by atoms with Crippen molar-refractivity contribution in [3.05, 3.63) is 62.1 Å². The number of aromatic nitrogens is 1. The van der Waals surface area contributed by atoms with Gasteiger partial charge < -0.3 is 5.32 Å². The van der Waals surface area contributed by atoms with Gasteiger partial charge >= 0.3 is 0 Å². The summed E-state index contributed by atoms with van der Waals surface area (Å²) in [7, 11) is 0. The summed E-state index contributed by atoms with van der Waals surface area (Å²) in [5.74, 6) is -1.46. The van der Waals surface area contributed by atoms with E-state index in [2.05, 4.69) is 10.3 Å². The SMILES string of the molecule is O=C(Nc1cc(F)ccc1Cl)c1cc(Cl)ncc1[N+](=O)[O-]. The van der Waals surface area contributed by atoms with Crippen LogP contribution in [0.4, 0.5) is 15.8 Å². The number of carbonyl (C=O) groups is 1. The molecule has 1 heterocycles. The Bertz CT molecular complexity index is 740. The fourth-order valence-electron chi connectivity index (χ4n) is 1.53. The highest BCUT2D eigenvalue weighted by Crippen LogP contribution is 2.25. The molecule has 0 unspecified atom stereocenters. The van der Waals surface area contributed by atoms with Crippen LogP contribution in [0.3, 0.4) is 0 Å². The highest BCUT2D eigenvalue weighted by Gasteiger charge is 2.22. The number of hydrogen-bond acceptors (Lipinski definition) is 4. The molecule has 1 aromatic heterocycles. The predicted molar refractivity (Wildman–Crippen MR) is 75.3 cm³/mol. The van der Waals surface area contributed by atoms with Crippen molar-refractivity contribution in [1.29, 1.82) is 0 Å². The third-order valence-electron chi connectivity index (χ3n) is 2.47. The van der Waals surface area contributed by atoms with Crippen molar-refractivity contribution in [1.82, 2.24) is 4.98 Å². The molecule has 0 aliphatic heterocycles. The molecule has 9 heteroatoms. The quantitative estimate of drug-likeness (QED) is 0.528. The lowest BCUT2D eigenvalue weighted by Gasteiger charge is -2.07. The van der Waals surface area contributed by atoms with Crippen LogP contribution >= 0.6 is 23.2 Å². The largest absolute Gasteiger partial charge is 0.320 e. The zero-order chi connectivity index (χ0) is 15.6. The molecule has 2 aromatic rings. The third kappa shape index (κ3) is 3.45. The first-order valence-corrected chi connectivity index (χ1v) is 6.20. The number of hydrogen-bond donors (Lipinski definition) is 1. The molecular formula is C12H6Cl2FN3O3. The Labute approximate surface area is 127 Å². The molecule has 0 aliphatic carbocycles. The van der Waals surface area contributed by atoms with Gasteiger partial charge in [0.1, 0.15) is 22.7 Å². The van der Waals surface area contributed by atoms with E-state index in [9.17, 15) is 19.3 Å². The molecule has 0 spiro atoms. The Morgan fingerprint density at radius 2 is 2.05 bits per heavy atom. The number of amides is 1. The Balaban J connectivity index is 2.39. The maximum Gasteiger partial charge on any atom is 0.300 e. The monoisotopic (exact) mass is 329 g/mol. The zero-order valence-electron chi connectivity index (χ0n) is 10.1. The van der Waals surface area contributed by atoms with Crippen molar-refractivity contribution < 1.29 is 14.1 Å². The van der Waals surface area contributed by atoms with Gasteiger partial charge in [0.2, 0.25) is 0 Å². The molecule has 1 aromatic carbocycles. The molecule has 1 amide bonds. The van der Waals surface area contributed by atoms with Gasteiger partial charge in [-0.05, 0) is 24.3 Å². The van der Waals surface area contributed by atoms with E-state index in [-0.39, 0.29) is 21.4 Å². The Hall–Kier alpha value is -2.25. The van der Waals surface area contributed by atoms with Crippen molar-refractivity contribution in [2.75, 3.05) is 5.32 Å². The summed E-state index contributed by atoms with van der Waals surface area (Å²) in [6, 6.07) is 4.40. The van der Waals surface area contributed by atoms with E-state index in [1.165, 1.54) is 6.07 Å². The van der Waals surface area contributed by atoms with Crippen LogP contribution in [0.15, 0.2) is 30.5 Å². The number of halogens is 3. The average Bonchev–Trinajstić information content (AvgIpc) is 2.42. The third-order valence-corrected chi connectivity index (χ3v) is 3.00. The second-order valence-corrected chi connectivity index (χ2v) is 4.65. The number of nitrogens with zero attached hydrogens (tertiary/aromatic N) is 2. The van der Waals surface area contributed by atoms with Crippen LogP contribution in [0.1, 0.15) is 10.4 Å². The van der Waals surface area contributed by atoms with Gasteiger partial charge in [0.05, 0.1) is 15.6 Å². The molecule has 108 valence electrons. The van der Waals surface area contributed by atoms with E-state index < -0.39 is 22.3 Å². The summed E-state index contributed by atoms with van der Waals surface area (Å²) in [5.41, 5.74) is -0.839. The van der Waals surface area contributed by atoms with Crippen LogP contribution < -0.4 is 5.32 Å². The van der Waals surface area contributed by atoms with E-state index in [0.29, 0.717) is 0 Å². The second-order valence-electron chi connectivity index (χ2n) is 3.86. The molecule has 2 rings (SSSR count). The molecule has 0 radical (unpaired) electrons. The topological polar surface area (TPSA) is 85.1 Å². The number of benzene rings is 1. The molecule has 0 aliphatic rings. The zero-order valence-corrected chi connectivity index (χ0v) is 11.7. The molecule has 0 fully saturated rings. The van der Waals surface area contributed by atoms with E-state index in [0.717, 1.165) is 24.4 Å². The Morgan fingerprint density at radius 3 is 2.71 bits per heavy atom. The smallest absolute Gasteiger partial charge is 0.300 e. The minimum Gasteiger partial charge on any atom is -0.320 e. The van der Waals surface area contributed by atoms with Crippen molar-refractivity contribution in [2.24, 2.45) is 0 Å². The van der Waals surface area contributed by atoms with Crippen LogP contribution in [0.25, 0.3) is 0 Å². The van der Waals surface area contributed by atoms with Gasteiger partial charge in [0.15, 0.2) is 0 Å². The van der Waals surface area contributed by atoms with E-state index >= 15 is 0 Å². The molecule has 6 nitrogen and oxygen atoms in total. The number of pyridine rings is 1. The summed E-state index contributed by atoms with van der Waals surface area (Å²) in [5, 5.41) is 13.2.